The summed E-state index contributed by atoms with van der Waals surface area (Å²) in [6.45, 7) is 5.11. The van der Waals surface area contributed by atoms with E-state index in [2.05, 4.69) is 11.4 Å². The largest absolute Gasteiger partial charge is 0.496 e. The minimum atomic E-state index is -0.0871. The minimum absolute atomic E-state index is 0.0286. The van der Waals surface area contributed by atoms with E-state index in [0.717, 1.165) is 33.9 Å². The number of aryl methyl sites for hydroxylation is 2. The van der Waals surface area contributed by atoms with Crippen LogP contribution in [0.2, 0.25) is 0 Å². The van der Waals surface area contributed by atoms with Crippen molar-refractivity contribution >= 4 is 5.91 Å². The number of carbonyl (C=O) groups excluding carboxylic acids is 1. The Bertz CT molecular complexity index is 788. The van der Waals surface area contributed by atoms with Gasteiger partial charge in [-0.05, 0) is 55.2 Å². The van der Waals surface area contributed by atoms with Gasteiger partial charge in [-0.15, -0.1) is 0 Å². The number of fused-ring (bicyclic) bond motifs is 1. The Labute approximate surface area is 154 Å². The average molecular weight is 355 g/mol. The van der Waals surface area contributed by atoms with Crippen molar-refractivity contribution in [2.75, 3.05) is 20.3 Å². The van der Waals surface area contributed by atoms with Crippen LogP contribution in [0.1, 0.15) is 36.1 Å². The standard InChI is InChI=1S/C21H25NO4/c1-14-12-16(4-7-18(14)24-3)5-9-21(23)22-15(2)17-6-8-19-20(13-17)26-11-10-25-19/h4,6-8,12-13,15H,5,9-11H2,1-3H3,(H,22,23). The van der Waals surface area contributed by atoms with E-state index in [4.69, 9.17) is 14.2 Å². The Hall–Kier alpha value is -2.69. The maximum Gasteiger partial charge on any atom is 0.220 e. The molecular weight excluding hydrogens is 330 g/mol. The summed E-state index contributed by atoms with van der Waals surface area (Å²) in [6, 6.07) is 11.7. The molecule has 1 aliphatic rings. The van der Waals surface area contributed by atoms with Crippen LogP contribution in [0.4, 0.5) is 0 Å². The quantitative estimate of drug-likeness (QED) is 0.860. The summed E-state index contributed by atoms with van der Waals surface area (Å²) in [5.74, 6) is 2.39. The van der Waals surface area contributed by atoms with Crippen LogP contribution in [-0.4, -0.2) is 26.2 Å². The number of hydrogen-bond donors (Lipinski definition) is 1. The summed E-state index contributed by atoms with van der Waals surface area (Å²) in [4.78, 5) is 12.3. The molecule has 1 amide bonds. The molecule has 0 aliphatic carbocycles. The summed E-state index contributed by atoms with van der Waals surface area (Å²) in [7, 11) is 1.66. The highest BCUT2D eigenvalue weighted by molar-refractivity contribution is 5.76. The first-order chi connectivity index (χ1) is 12.6. The molecule has 3 rings (SSSR count). The molecule has 0 radical (unpaired) electrons. The number of carbonyl (C=O) groups is 1. The van der Waals surface area contributed by atoms with Gasteiger partial charge in [0.05, 0.1) is 13.2 Å². The third-order valence-corrected chi connectivity index (χ3v) is 4.54. The molecule has 0 saturated carbocycles. The van der Waals surface area contributed by atoms with E-state index >= 15 is 0 Å². The molecule has 1 N–H and O–H groups in total. The van der Waals surface area contributed by atoms with Crippen LogP contribution in [0.5, 0.6) is 17.2 Å². The Balaban J connectivity index is 1.55. The molecule has 5 heteroatoms. The fraction of sp³-hybridized carbons (Fsp3) is 0.381. The van der Waals surface area contributed by atoms with Crippen molar-refractivity contribution in [1.82, 2.24) is 5.32 Å². The highest BCUT2D eigenvalue weighted by Gasteiger charge is 2.16. The van der Waals surface area contributed by atoms with Gasteiger partial charge in [-0.3, -0.25) is 4.79 Å². The predicted molar refractivity (Wildman–Crippen MR) is 100 cm³/mol. The van der Waals surface area contributed by atoms with Gasteiger partial charge in [0.1, 0.15) is 19.0 Å². The first-order valence-electron chi connectivity index (χ1n) is 8.89. The molecule has 1 unspecified atom stereocenters. The second kappa shape index (κ2) is 8.13. The molecule has 26 heavy (non-hydrogen) atoms. The van der Waals surface area contributed by atoms with Crippen LogP contribution in [-0.2, 0) is 11.2 Å². The summed E-state index contributed by atoms with van der Waals surface area (Å²) in [5.41, 5.74) is 3.21. The van der Waals surface area contributed by atoms with Gasteiger partial charge in [0.25, 0.3) is 0 Å². The SMILES string of the molecule is COc1ccc(CCC(=O)NC(C)c2ccc3c(c2)OCCO3)cc1C. The Morgan fingerprint density at radius 3 is 2.65 bits per heavy atom. The summed E-state index contributed by atoms with van der Waals surface area (Å²) in [5, 5.41) is 3.05. The number of methoxy groups -OCH3 is 1. The Morgan fingerprint density at radius 2 is 1.92 bits per heavy atom. The lowest BCUT2D eigenvalue weighted by atomic mass is 10.0. The van der Waals surface area contributed by atoms with Gasteiger partial charge in [0, 0.05) is 6.42 Å². The maximum absolute atomic E-state index is 12.3. The molecule has 0 bridgehead atoms. The summed E-state index contributed by atoms with van der Waals surface area (Å²) in [6.07, 6.45) is 1.14. The number of ether oxygens (including phenoxy) is 3. The molecule has 5 nitrogen and oxygen atoms in total. The van der Waals surface area contributed by atoms with E-state index in [1.54, 1.807) is 7.11 Å². The number of hydrogen-bond acceptors (Lipinski definition) is 4. The average Bonchev–Trinajstić information content (AvgIpc) is 2.66. The fourth-order valence-electron chi connectivity index (χ4n) is 3.08. The van der Waals surface area contributed by atoms with Crippen molar-refractivity contribution < 1.29 is 19.0 Å². The molecule has 2 aromatic carbocycles. The van der Waals surface area contributed by atoms with E-state index in [1.165, 1.54) is 0 Å². The number of rotatable bonds is 6. The topological polar surface area (TPSA) is 56.8 Å². The third kappa shape index (κ3) is 4.28. The second-order valence-corrected chi connectivity index (χ2v) is 6.50. The van der Waals surface area contributed by atoms with Crippen molar-refractivity contribution in [1.29, 1.82) is 0 Å². The van der Waals surface area contributed by atoms with E-state index in [9.17, 15) is 4.79 Å². The first kappa shape index (κ1) is 18.1. The molecule has 0 spiro atoms. The van der Waals surface area contributed by atoms with E-state index in [0.29, 0.717) is 26.1 Å². The number of benzene rings is 2. The molecule has 1 aliphatic heterocycles. The van der Waals surface area contributed by atoms with E-state index < -0.39 is 0 Å². The van der Waals surface area contributed by atoms with Gasteiger partial charge in [-0.2, -0.15) is 0 Å². The van der Waals surface area contributed by atoms with Gasteiger partial charge in [-0.1, -0.05) is 18.2 Å². The zero-order valence-electron chi connectivity index (χ0n) is 15.5. The number of amides is 1. The Kier molecular flexibility index (Phi) is 5.66. The fourth-order valence-corrected chi connectivity index (χ4v) is 3.08. The minimum Gasteiger partial charge on any atom is -0.496 e. The van der Waals surface area contributed by atoms with Gasteiger partial charge < -0.3 is 19.5 Å². The zero-order chi connectivity index (χ0) is 18.5. The highest BCUT2D eigenvalue weighted by atomic mass is 16.6. The van der Waals surface area contributed by atoms with E-state index in [-0.39, 0.29) is 11.9 Å². The van der Waals surface area contributed by atoms with Crippen LogP contribution in [0, 0.1) is 6.92 Å². The van der Waals surface area contributed by atoms with Gasteiger partial charge >= 0.3 is 0 Å². The molecule has 138 valence electrons. The van der Waals surface area contributed by atoms with Crippen molar-refractivity contribution in [3.8, 4) is 17.2 Å². The van der Waals surface area contributed by atoms with Crippen LogP contribution in [0.15, 0.2) is 36.4 Å². The molecule has 1 heterocycles. The van der Waals surface area contributed by atoms with Gasteiger partial charge in [0.2, 0.25) is 5.91 Å². The lowest BCUT2D eigenvalue weighted by Crippen LogP contribution is -2.27. The molecule has 0 aromatic heterocycles. The summed E-state index contributed by atoms with van der Waals surface area (Å²) < 4.78 is 16.4. The lowest BCUT2D eigenvalue weighted by molar-refractivity contribution is -0.121. The van der Waals surface area contributed by atoms with E-state index in [1.807, 2.05) is 44.2 Å². The van der Waals surface area contributed by atoms with Crippen molar-refractivity contribution in [2.45, 2.75) is 32.7 Å². The monoisotopic (exact) mass is 355 g/mol. The molecule has 0 saturated heterocycles. The maximum atomic E-state index is 12.3. The Morgan fingerprint density at radius 1 is 1.15 bits per heavy atom. The normalized spacial score (nSPS) is 13.8. The van der Waals surface area contributed by atoms with Crippen molar-refractivity contribution in [3.05, 3.63) is 53.1 Å². The second-order valence-electron chi connectivity index (χ2n) is 6.50. The lowest BCUT2D eigenvalue weighted by Gasteiger charge is -2.21. The molecule has 2 aromatic rings. The van der Waals surface area contributed by atoms with Crippen molar-refractivity contribution in [3.63, 3.8) is 0 Å². The van der Waals surface area contributed by atoms with Crippen LogP contribution < -0.4 is 19.5 Å². The first-order valence-corrected chi connectivity index (χ1v) is 8.89. The van der Waals surface area contributed by atoms with Crippen LogP contribution in [0.25, 0.3) is 0 Å². The zero-order valence-corrected chi connectivity index (χ0v) is 15.5. The van der Waals surface area contributed by atoms with Gasteiger partial charge in [0.15, 0.2) is 11.5 Å². The smallest absolute Gasteiger partial charge is 0.220 e. The van der Waals surface area contributed by atoms with Crippen LogP contribution >= 0.6 is 0 Å². The summed E-state index contributed by atoms with van der Waals surface area (Å²) >= 11 is 0. The molecule has 0 fully saturated rings. The van der Waals surface area contributed by atoms with Crippen molar-refractivity contribution in [2.24, 2.45) is 0 Å². The highest BCUT2D eigenvalue weighted by Crippen LogP contribution is 2.32. The van der Waals surface area contributed by atoms with Crippen LogP contribution in [0.3, 0.4) is 0 Å². The predicted octanol–water partition coefficient (Wildman–Crippen LogP) is 3.58. The third-order valence-electron chi connectivity index (χ3n) is 4.54. The molecular formula is C21H25NO4. The van der Waals surface area contributed by atoms with Gasteiger partial charge in [-0.25, -0.2) is 0 Å². The molecule has 1 atom stereocenters. The number of nitrogens with one attached hydrogen (secondary N) is 1.